The van der Waals surface area contributed by atoms with E-state index in [2.05, 4.69) is 65.1 Å². The van der Waals surface area contributed by atoms with Gasteiger partial charge < -0.3 is 0 Å². The molecule has 0 nitrogen and oxygen atoms in total. The molecule has 96 valence electrons. The van der Waals surface area contributed by atoms with Gasteiger partial charge in [0.25, 0.3) is 0 Å². The Kier molecular flexibility index (Phi) is 3.37. The van der Waals surface area contributed by atoms with Crippen LogP contribution in [-0.2, 0) is 0 Å². The van der Waals surface area contributed by atoms with E-state index in [4.69, 9.17) is 0 Å². The molecule has 1 aliphatic carbocycles. The van der Waals surface area contributed by atoms with E-state index in [9.17, 15) is 0 Å². The Hall–Kier alpha value is -1.08. The van der Waals surface area contributed by atoms with Crippen molar-refractivity contribution in [3.63, 3.8) is 0 Å². The van der Waals surface area contributed by atoms with Crippen molar-refractivity contribution in [2.45, 2.75) is 47.2 Å². The van der Waals surface area contributed by atoms with Crippen LogP contribution in [0, 0.1) is 13.8 Å². The van der Waals surface area contributed by atoms with E-state index in [1.54, 1.807) is 16.0 Å². The predicted molar refractivity (Wildman–Crippen MR) is 84.1 cm³/mol. The molecule has 1 aromatic carbocycles. The number of allylic oxidation sites excluding steroid dienone is 4. The zero-order valence-electron chi connectivity index (χ0n) is 12.5. The van der Waals surface area contributed by atoms with Crippen LogP contribution in [0.3, 0.4) is 0 Å². The van der Waals surface area contributed by atoms with E-state index < -0.39 is 8.07 Å². The largest absolute Gasteiger partial charge is 0.108 e. The van der Waals surface area contributed by atoms with E-state index in [0.717, 1.165) is 0 Å². The molecule has 2 rings (SSSR count). The van der Waals surface area contributed by atoms with Crippen molar-refractivity contribution in [1.29, 1.82) is 0 Å². The van der Waals surface area contributed by atoms with Gasteiger partial charge in [0.1, 0.15) is 8.07 Å². The molecule has 1 aliphatic rings. The standard InChI is InChI=1S/C17H24Si/c1-12-9-13(2)11-16(10-12)18(5,6)17-8-7-14(3)15(17)4/h7,9-11H,8H2,1-6H3. The Bertz CT molecular complexity index is 524. The smallest absolute Gasteiger partial charge is 0.0776 e. The second-order valence-corrected chi connectivity index (χ2v) is 10.6. The number of benzene rings is 1. The first kappa shape index (κ1) is 13.4. The molecular formula is C17H24Si. The van der Waals surface area contributed by atoms with E-state index in [1.165, 1.54) is 23.1 Å². The van der Waals surface area contributed by atoms with E-state index in [0.29, 0.717) is 0 Å². The Labute approximate surface area is 112 Å². The summed E-state index contributed by atoms with van der Waals surface area (Å²) in [5, 5.41) is 3.29. The highest BCUT2D eigenvalue weighted by molar-refractivity contribution is 6.95. The third-order valence-corrected chi connectivity index (χ3v) is 8.17. The fraction of sp³-hybridized carbons (Fsp3) is 0.412. The summed E-state index contributed by atoms with van der Waals surface area (Å²) in [6, 6.07) is 7.06. The number of hydrogen-bond acceptors (Lipinski definition) is 0. The summed E-state index contributed by atoms with van der Waals surface area (Å²) in [6.07, 6.45) is 3.56. The average Bonchev–Trinajstić information content (AvgIpc) is 2.58. The van der Waals surface area contributed by atoms with Gasteiger partial charge in [-0.3, -0.25) is 0 Å². The maximum absolute atomic E-state index is 2.49. The second-order valence-electron chi connectivity index (χ2n) is 6.20. The van der Waals surface area contributed by atoms with Crippen LogP contribution in [0.15, 0.2) is 40.6 Å². The maximum atomic E-state index is 2.49. The Balaban J connectivity index is 2.49. The van der Waals surface area contributed by atoms with Gasteiger partial charge in [0, 0.05) is 0 Å². The first-order valence-electron chi connectivity index (χ1n) is 6.78. The third kappa shape index (κ3) is 2.24. The van der Waals surface area contributed by atoms with Crippen LogP contribution < -0.4 is 5.19 Å². The Morgan fingerprint density at radius 2 is 1.44 bits per heavy atom. The van der Waals surface area contributed by atoms with Crippen LogP contribution >= 0.6 is 0 Å². The van der Waals surface area contributed by atoms with Crippen molar-refractivity contribution < 1.29 is 0 Å². The maximum Gasteiger partial charge on any atom is 0.108 e. The van der Waals surface area contributed by atoms with Gasteiger partial charge in [0.2, 0.25) is 0 Å². The lowest BCUT2D eigenvalue weighted by atomic mass is 10.2. The van der Waals surface area contributed by atoms with Gasteiger partial charge in [0.05, 0.1) is 0 Å². The molecule has 0 spiro atoms. The molecule has 1 aromatic rings. The van der Waals surface area contributed by atoms with Gasteiger partial charge in [-0.15, -0.1) is 0 Å². The molecular weight excluding hydrogens is 232 g/mol. The van der Waals surface area contributed by atoms with Gasteiger partial charge in [-0.25, -0.2) is 0 Å². The minimum atomic E-state index is -1.49. The second kappa shape index (κ2) is 4.54. The normalized spacial score (nSPS) is 16.2. The Morgan fingerprint density at radius 1 is 0.889 bits per heavy atom. The fourth-order valence-electron chi connectivity index (χ4n) is 3.03. The van der Waals surface area contributed by atoms with Crippen LogP contribution in [-0.4, -0.2) is 8.07 Å². The third-order valence-electron chi connectivity index (χ3n) is 4.35. The van der Waals surface area contributed by atoms with E-state index >= 15 is 0 Å². The summed E-state index contributed by atoms with van der Waals surface area (Å²) in [7, 11) is -1.49. The number of hydrogen-bond donors (Lipinski definition) is 0. The molecule has 0 unspecified atom stereocenters. The lowest BCUT2D eigenvalue weighted by molar-refractivity contribution is 1.32. The summed E-state index contributed by atoms with van der Waals surface area (Å²) in [6.45, 7) is 13.9. The van der Waals surface area contributed by atoms with E-state index in [1.807, 2.05) is 0 Å². The van der Waals surface area contributed by atoms with Crippen molar-refractivity contribution >= 4 is 13.3 Å². The zero-order chi connectivity index (χ0) is 13.5. The van der Waals surface area contributed by atoms with Gasteiger partial charge >= 0.3 is 0 Å². The molecule has 18 heavy (non-hydrogen) atoms. The van der Waals surface area contributed by atoms with Crippen molar-refractivity contribution in [3.8, 4) is 0 Å². The van der Waals surface area contributed by atoms with Crippen molar-refractivity contribution in [3.05, 3.63) is 51.7 Å². The number of rotatable bonds is 2. The lowest BCUT2D eigenvalue weighted by Gasteiger charge is -2.27. The zero-order valence-corrected chi connectivity index (χ0v) is 13.5. The SMILES string of the molecule is CC1=CCC([Si](C)(C)c2cc(C)cc(C)c2)=C1C. The quantitative estimate of drug-likeness (QED) is 0.687. The molecule has 0 N–H and O–H groups in total. The summed E-state index contributed by atoms with van der Waals surface area (Å²) >= 11 is 0. The van der Waals surface area contributed by atoms with Gasteiger partial charge in [-0.1, -0.05) is 70.0 Å². The van der Waals surface area contributed by atoms with Crippen LogP contribution in [0.2, 0.25) is 13.1 Å². The van der Waals surface area contributed by atoms with Crippen molar-refractivity contribution in [2.24, 2.45) is 0 Å². The van der Waals surface area contributed by atoms with Gasteiger partial charge in [0.15, 0.2) is 0 Å². The molecule has 0 saturated heterocycles. The predicted octanol–water partition coefficient (Wildman–Crippen LogP) is 4.42. The highest BCUT2D eigenvalue weighted by atomic mass is 28.3. The molecule has 0 fully saturated rings. The molecule has 0 saturated carbocycles. The first-order valence-corrected chi connectivity index (χ1v) is 9.78. The minimum Gasteiger partial charge on any atom is -0.0776 e. The molecule has 0 radical (unpaired) electrons. The first-order chi connectivity index (χ1) is 8.32. The van der Waals surface area contributed by atoms with E-state index in [-0.39, 0.29) is 0 Å². The summed E-state index contributed by atoms with van der Waals surface area (Å²) in [5.41, 5.74) is 5.82. The Morgan fingerprint density at radius 3 is 1.89 bits per heavy atom. The summed E-state index contributed by atoms with van der Waals surface area (Å²) in [4.78, 5) is 0. The molecule has 0 amide bonds. The van der Waals surface area contributed by atoms with Crippen LogP contribution in [0.25, 0.3) is 0 Å². The molecule has 1 heteroatoms. The van der Waals surface area contributed by atoms with Crippen LogP contribution in [0.1, 0.15) is 31.4 Å². The molecule has 0 aromatic heterocycles. The minimum absolute atomic E-state index is 1.17. The van der Waals surface area contributed by atoms with Crippen molar-refractivity contribution in [1.82, 2.24) is 0 Å². The monoisotopic (exact) mass is 256 g/mol. The number of aryl methyl sites for hydroxylation is 2. The van der Waals surface area contributed by atoms with Crippen molar-refractivity contribution in [2.75, 3.05) is 0 Å². The molecule has 0 bridgehead atoms. The lowest BCUT2D eigenvalue weighted by Crippen LogP contribution is -2.44. The van der Waals surface area contributed by atoms with Gasteiger partial charge in [-0.2, -0.15) is 0 Å². The fourth-order valence-corrected chi connectivity index (χ4v) is 6.31. The highest BCUT2D eigenvalue weighted by Gasteiger charge is 2.31. The average molecular weight is 256 g/mol. The molecule has 0 aliphatic heterocycles. The molecule has 0 heterocycles. The van der Waals surface area contributed by atoms with Crippen LogP contribution in [0.4, 0.5) is 0 Å². The summed E-state index contributed by atoms with van der Waals surface area (Å²) in [5.74, 6) is 0. The van der Waals surface area contributed by atoms with Gasteiger partial charge in [-0.05, 0) is 34.1 Å². The highest BCUT2D eigenvalue weighted by Crippen LogP contribution is 2.32. The topological polar surface area (TPSA) is 0 Å². The summed E-state index contributed by atoms with van der Waals surface area (Å²) < 4.78 is 0. The van der Waals surface area contributed by atoms with Crippen LogP contribution in [0.5, 0.6) is 0 Å². The molecule has 0 atom stereocenters.